The summed E-state index contributed by atoms with van der Waals surface area (Å²) >= 11 is 1.75. The standard InChI is InChI=1S/C24H25FN2OS/c1-3-29-23-14-20(13-21(24(23)26)17-6-4-16(2)5-7-17)27-10-11-28-22-12-19(25)9-8-18(22)15-27/h4-9,12-14H,3,10-11,15,26H2,1-2H3. The average molecular weight is 409 g/mol. The van der Waals surface area contributed by atoms with Crippen molar-refractivity contribution in [3.63, 3.8) is 0 Å². The van der Waals surface area contributed by atoms with Gasteiger partial charge in [-0.2, -0.15) is 0 Å². The highest BCUT2D eigenvalue weighted by Crippen LogP contribution is 2.39. The normalized spacial score (nSPS) is 13.6. The van der Waals surface area contributed by atoms with Gasteiger partial charge in [0.1, 0.15) is 18.2 Å². The molecule has 0 spiro atoms. The van der Waals surface area contributed by atoms with Gasteiger partial charge in [0.05, 0.1) is 12.2 Å². The lowest BCUT2D eigenvalue weighted by Gasteiger charge is -2.25. The third-order valence-corrected chi connectivity index (χ3v) is 6.10. The Kier molecular flexibility index (Phi) is 5.67. The van der Waals surface area contributed by atoms with Gasteiger partial charge in [-0.3, -0.25) is 0 Å². The molecule has 4 rings (SSSR count). The predicted molar refractivity (Wildman–Crippen MR) is 120 cm³/mol. The van der Waals surface area contributed by atoms with Crippen molar-refractivity contribution >= 4 is 23.1 Å². The molecule has 1 aliphatic rings. The van der Waals surface area contributed by atoms with Crippen LogP contribution in [0.2, 0.25) is 0 Å². The van der Waals surface area contributed by atoms with E-state index in [4.69, 9.17) is 10.5 Å². The largest absolute Gasteiger partial charge is 0.491 e. The number of benzene rings is 3. The molecular formula is C24H25FN2OS. The summed E-state index contributed by atoms with van der Waals surface area (Å²) < 4.78 is 19.4. The van der Waals surface area contributed by atoms with Gasteiger partial charge in [-0.05, 0) is 36.4 Å². The van der Waals surface area contributed by atoms with Crippen molar-refractivity contribution < 1.29 is 9.13 Å². The summed E-state index contributed by atoms with van der Waals surface area (Å²) in [5.74, 6) is 1.31. The van der Waals surface area contributed by atoms with Gasteiger partial charge in [0.25, 0.3) is 0 Å². The minimum atomic E-state index is -0.270. The van der Waals surface area contributed by atoms with E-state index in [1.165, 1.54) is 17.7 Å². The first kappa shape index (κ1) is 19.6. The number of hydrogen-bond donors (Lipinski definition) is 1. The summed E-state index contributed by atoms with van der Waals surface area (Å²) in [5.41, 5.74) is 12.8. The molecule has 0 amide bonds. The van der Waals surface area contributed by atoms with E-state index in [1.54, 1.807) is 11.8 Å². The molecule has 3 nitrogen and oxygen atoms in total. The fourth-order valence-corrected chi connectivity index (χ4v) is 4.39. The maximum Gasteiger partial charge on any atom is 0.127 e. The van der Waals surface area contributed by atoms with Crippen molar-refractivity contribution in [1.29, 1.82) is 0 Å². The molecule has 2 N–H and O–H groups in total. The van der Waals surface area contributed by atoms with Crippen LogP contribution in [-0.2, 0) is 6.54 Å². The lowest BCUT2D eigenvalue weighted by atomic mass is 10.0. The molecule has 3 aromatic carbocycles. The lowest BCUT2D eigenvalue weighted by molar-refractivity contribution is 0.330. The van der Waals surface area contributed by atoms with E-state index in [-0.39, 0.29) is 5.82 Å². The van der Waals surface area contributed by atoms with E-state index in [1.807, 2.05) is 6.07 Å². The van der Waals surface area contributed by atoms with Crippen molar-refractivity contribution in [3.05, 3.63) is 71.5 Å². The quantitative estimate of drug-likeness (QED) is 0.431. The molecule has 0 fully saturated rings. The summed E-state index contributed by atoms with van der Waals surface area (Å²) in [5, 5.41) is 0. The lowest BCUT2D eigenvalue weighted by Crippen LogP contribution is -2.25. The van der Waals surface area contributed by atoms with E-state index in [0.29, 0.717) is 18.9 Å². The van der Waals surface area contributed by atoms with Crippen molar-refractivity contribution in [1.82, 2.24) is 0 Å². The van der Waals surface area contributed by atoms with Crippen molar-refractivity contribution in [2.45, 2.75) is 25.3 Å². The number of nitrogens with two attached hydrogens (primary N) is 1. The van der Waals surface area contributed by atoms with Crippen LogP contribution in [0, 0.1) is 12.7 Å². The van der Waals surface area contributed by atoms with Gasteiger partial charge in [-0.1, -0.05) is 42.8 Å². The number of ether oxygens (including phenoxy) is 1. The Hall–Kier alpha value is -2.66. The minimum Gasteiger partial charge on any atom is -0.491 e. The molecule has 0 aromatic heterocycles. The van der Waals surface area contributed by atoms with Crippen LogP contribution in [0.4, 0.5) is 15.8 Å². The molecule has 0 saturated heterocycles. The molecule has 0 aliphatic carbocycles. The number of fused-ring (bicyclic) bond motifs is 1. The summed E-state index contributed by atoms with van der Waals surface area (Å²) in [4.78, 5) is 3.37. The van der Waals surface area contributed by atoms with Gasteiger partial charge in [-0.15, -0.1) is 11.8 Å². The number of nitrogens with zero attached hydrogens (tertiary/aromatic N) is 1. The van der Waals surface area contributed by atoms with E-state index in [9.17, 15) is 4.39 Å². The zero-order chi connectivity index (χ0) is 20.4. The number of rotatable bonds is 4. The highest BCUT2D eigenvalue weighted by molar-refractivity contribution is 7.99. The first-order chi connectivity index (χ1) is 14.0. The van der Waals surface area contributed by atoms with Crippen molar-refractivity contribution in [2.75, 3.05) is 29.5 Å². The Labute approximate surface area is 175 Å². The van der Waals surface area contributed by atoms with Crippen LogP contribution in [0.5, 0.6) is 5.75 Å². The van der Waals surface area contributed by atoms with Crippen LogP contribution in [0.1, 0.15) is 18.1 Å². The SMILES string of the molecule is CCSc1cc(N2CCOc3cc(F)ccc3C2)cc(-c2ccc(C)cc2)c1N. The van der Waals surface area contributed by atoms with E-state index >= 15 is 0 Å². The maximum atomic E-state index is 13.6. The Morgan fingerprint density at radius 2 is 1.90 bits per heavy atom. The summed E-state index contributed by atoms with van der Waals surface area (Å²) in [6, 6.07) is 17.6. The number of aryl methyl sites for hydroxylation is 1. The molecule has 0 unspecified atom stereocenters. The van der Waals surface area contributed by atoms with Crippen LogP contribution in [0.15, 0.2) is 59.5 Å². The first-order valence-electron chi connectivity index (χ1n) is 9.84. The second kappa shape index (κ2) is 8.37. The fourth-order valence-electron chi connectivity index (χ4n) is 3.61. The molecule has 0 saturated carbocycles. The van der Waals surface area contributed by atoms with Gasteiger partial charge in [0, 0.05) is 34.3 Å². The molecule has 0 bridgehead atoms. The molecule has 3 aromatic rings. The molecule has 0 atom stereocenters. The molecule has 5 heteroatoms. The van der Waals surface area contributed by atoms with Crippen molar-refractivity contribution in [3.8, 4) is 16.9 Å². The molecule has 1 heterocycles. The number of thioether (sulfide) groups is 1. The third kappa shape index (κ3) is 4.20. The van der Waals surface area contributed by atoms with Crippen LogP contribution in [0.25, 0.3) is 11.1 Å². The topological polar surface area (TPSA) is 38.5 Å². The highest BCUT2D eigenvalue weighted by atomic mass is 32.2. The molecule has 0 radical (unpaired) electrons. The number of halogens is 1. The summed E-state index contributed by atoms with van der Waals surface area (Å²) in [6.45, 7) is 6.12. The van der Waals surface area contributed by atoms with E-state index < -0.39 is 0 Å². The zero-order valence-corrected chi connectivity index (χ0v) is 17.6. The maximum absolute atomic E-state index is 13.6. The molecule has 1 aliphatic heterocycles. The monoisotopic (exact) mass is 408 g/mol. The minimum absolute atomic E-state index is 0.270. The van der Waals surface area contributed by atoms with Gasteiger partial charge in [0.15, 0.2) is 0 Å². The Balaban J connectivity index is 1.76. The number of anilines is 2. The molecule has 150 valence electrons. The van der Waals surface area contributed by atoms with Gasteiger partial charge in [0.2, 0.25) is 0 Å². The highest BCUT2D eigenvalue weighted by Gasteiger charge is 2.19. The third-order valence-electron chi connectivity index (χ3n) is 5.16. The van der Waals surface area contributed by atoms with Crippen LogP contribution >= 0.6 is 11.8 Å². The Morgan fingerprint density at radius 3 is 2.66 bits per heavy atom. The molecular weight excluding hydrogens is 383 g/mol. The zero-order valence-electron chi connectivity index (χ0n) is 16.7. The summed E-state index contributed by atoms with van der Waals surface area (Å²) in [7, 11) is 0. The van der Waals surface area contributed by atoms with Gasteiger partial charge >= 0.3 is 0 Å². The van der Waals surface area contributed by atoms with E-state index in [2.05, 4.69) is 55.1 Å². The fraction of sp³-hybridized carbons (Fsp3) is 0.250. The predicted octanol–water partition coefficient (Wildman–Crippen LogP) is 5.89. The molecule has 29 heavy (non-hydrogen) atoms. The Morgan fingerprint density at radius 1 is 1.10 bits per heavy atom. The second-order valence-corrected chi connectivity index (χ2v) is 8.53. The van der Waals surface area contributed by atoms with Crippen molar-refractivity contribution in [2.24, 2.45) is 0 Å². The Bertz CT molecular complexity index is 1020. The van der Waals surface area contributed by atoms with Gasteiger partial charge < -0.3 is 15.4 Å². The van der Waals surface area contributed by atoms with Crippen LogP contribution in [-0.4, -0.2) is 18.9 Å². The number of hydrogen-bond acceptors (Lipinski definition) is 4. The average Bonchev–Trinajstić information content (AvgIpc) is 2.92. The van der Waals surface area contributed by atoms with Crippen LogP contribution < -0.4 is 15.4 Å². The summed E-state index contributed by atoms with van der Waals surface area (Å²) in [6.07, 6.45) is 0. The first-order valence-corrected chi connectivity index (χ1v) is 10.8. The number of nitrogen functional groups attached to an aromatic ring is 1. The van der Waals surface area contributed by atoms with Gasteiger partial charge in [-0.25, -0.2) is 4.39 Å². The van der Waals surface area contributed by atoms with Crippen LogP contribution in [0.3, 0.4) is 0 Å². The smallest absolute Gasteiger partial charge is 0.127 e. The second-order valence-electron chi connectivity index (χ2n) is 7.23. The van der Waals surface area contributed by atoms with E-state index in [0.717, 1.165) is 45.3 Å².